The van der Waals surface area contributed by atoms with Gasteiger partial charge in [-0.1, -0.05) is 0 Å². The number of esters is 1. The molecule has 0 radical (unpaired) electrons. The summed E-state index contributed by atoms with van der Waals surface area (Å²) < 4.78 is 17.9. The molecule has 1 aromatic heterocycles. The van der Waals surface area contributed by atoms with Gasteiger partial charge in [0.25, 0.3) is 0 Å². The first kappa shape index (κ1) is 12.6. The number of carbonyl (C=O) groups is 1. The number of carbonyl (C=O) groups excluding carboxylic acids is 1. The largest absolute Gasteiger partial charge is 0.466 e. The Kier molecular flexibility index (Phi) is 3.07. The van der Waals surface area contributed by atoms with Crippen LogP contribution in [-0.2, 0) is 19.1 Å². The third-order valence-electron chi connectivity index (χ3n) is 2.52. The maximum atomic E-state index is 11.8. The summed E-state index contributed by atoms with van der Waals surface area (Å²) in [6.45, 7) is 0. The van der Waals surface area contributed by atoms with Crippen molar-refractivity contribution in [1.82, 2.24) is 19.8 Å². The minimum atomic E-state index is -2.04. The van der Waals surface area contributed by atoms with Gasteiger partial charge in [0.2, 0.25) is 0 Å². The SMILES string of the molecule is C=S1(=O)CC(n2nnn(/C=C/C(=O)OC)c2=O)C1. The molecule has 1 fully saturated rings. The summed E-state index contributed by atoms with van der Waals surface area (Å²) >= 11 is 0. The molecule has 1 aliphatic rings. The summed E-state index contributed by atoms with van der Waals surface area (Å²) in [5, 5.41) is 7.25. The van der Waals surface area contributed by atoms with Gasteiger partial charge in [0, 0.05) is 23.8 Å². The summed E-state index contributed by atoms with van der Waals surface area (Å²) in [6.07, 6.45) is 2.23. The van der Waals surface area contributed by atoms with Gasteiger partial charge < -0.3 is 4.74 Å². The number of methoxy groups -OCH3 is 1. The molecule has 1 aliphatic heterocycles. The quantitative estimate of drug-likeness (QED) is 0.372. The van der Waals surface area contributed by atoms with Crippen molar-refractivity contribution in [2.75, 3.05) is 18.6 Å². The van der Waals surface area contributed by atoms with E-state index in [0.29, 0.717) is 11.5 Å². The summed E-state index contributed by atoms with van der Waals surface area (Å²) in [6, 6.07) is -0.234. The fraction of sp³-hybridized carbons (Fsp3) is 0.444. The van der Waals surface area contributed by atoms with Gasteiger partial charge in [0.15, 0.2) is 0 Å². The molecule has 18 heavy (non-hydrogen) atoms. The number of ether oxygens (including phenoxy) is 1. The molecular formula is C9H12N4O4S. The van der Waals surface area contributed by atoms with Crippen molar-refractivity contribution in [3.8, 4) is 0 Å². The molecule has 2 rings (SSSR count). The smallest absolute Gasteiger partial charge is 0.368 e. The fourth-order valence-electron chi connectivity index (χ4n) is 1.58. The second-order valence-corrected chi connectivity index (χ2v) is 6.54. The first-order chi connectivity index (χ1) is 8.43. The molecular weight excluding hydrogens is 260 g/mol. The number of nitrogens with zero attached hydrogens (tertiary/aromatic N) is 4. The number of aromatic nitrogens is 4. The van der Waals surface area contributed by atoms with E-state index in [2.05, 4.69) is 21.0 Å². The first-order valence-corrected chi connectivity index (χ1v) is 7.12. The number of hydrogen-bond donors (Lipinski definition) is 0. The Labute approximate surface area is 103 Å². The second kappa shape index (κ2) is 4.41. The van der Waals surface area contributed by atoms with Crippen molar-refractivity contribution in [2.45, 2.75) is 6.04 Å². The summed E-state index contributed by atoms with van der Waals surface area (Å²) in [4.78, 5) is 22.7. The van der Waals surface area contributed by atoms with Crippen molar-refractivity contribution in [3.05, 3.63) is 16.6 Å². The Morgan fingerprint density at radius 3 is 2.78 bits per heavy atom. The highest BCUT2D eigenvalue weighted by Gasteiger charge is 2.32. The molecule has 2 heterocycles. The van der Waals surface area contributed by atoms with Crippen molar-refractivity contribution < 1.29 is 13.7 Å². The van der Waals surface area contributed by atoms with E-state index in [4.69, 9.17) is 0 Å². The third-order valence-corrected chi connectivity index (χ3v) is 4.50. The van der Waals surface area contributed by atoms with Crippen LogP contribution in [0.15, 0.2) is 10.9 Å². The van der Waals surface area contributed by atoms with E-state index in [1.165, 1.54) is 7.11 Å². The lowest BCUT2D eigenvalue weighted by Gasteiger charge is -2.28. The van der Waals surface area contributed by atoms with Crippen LogP contribution in [0.25, 0.3) is 6.20 Å². The molecule has 8 nitrogen and oxygen atoms in total. The van der Waals surface area contributed by atoms with Gasteiger partial charge in [-0.25, -0.2) is 9.59 Å². The van der Waals surface area contributed by atoms with E-state index in [0.717, 1.165) is 21.6 Å². The second-order valence-electron chi connectivity index (χ2n) is 3.94. The molecule has 9 heteroatoms. The van der Waals surface area contributed by atoms with Crippen LogP contribution in [0, 0.1) is 0 Å². The van der Waals surface area contributed by atoms with Crippen molar-refractivity contribution in [3.63, 3.8) is 0 Å². The highest BCUT2D eigenvalue weighted by Crippen LogP contribution is 2.20. The van der Waals surface area contributed by atoms with Crippen molar-refractivity contribution in [2.24, 2.45) is 0 Å². The predicted molar refractivity (Wildman–Crippen MR) is 65.7 cm³/mol. The van der Waals surface area contributed by atoms with Crippen LogP contribution in [0.2, 0.25) is 0 Å². The molecule has 0 bridgehead atoms. The lowest BCUT2D eigenvalue weighted by atomic mass is 10.4. The summed E-state index contributed by atoms with van der Waals surface area (Å²) in [5.41, 5.74) is -0.491. The Balaban J connectivity index is 2.18. The van der Waals surface area contributed by atoms with Gasteiger partial charge in [0.1, 0.15) is 0 Å². The third kappa shape index (κ3) is 2.35. The van der Waals surface area contributed by atoms with E-state index in [9.17, 15) is 13.8 Å². The molecule has 0 N–H and O–H groups in total. The molecule has 0 amide bonds. The Bertz CT molecular complexity index is 642. The van der Waals surface area contributed by atoms with E-state index in [-0.39, 0.29) is 6.04 Å². The molecule has 0 spiro atoms. The van der Waals surface area contributed by atoms with Crippen LogP contribution >= 0.6 is 0 Å². The zero-order valence-corrected chi connectivity index (χ0v) is 10.5. The van der Waals surface area contributed by atoms with Crippen molar-refractivity contribution in [1.29, 1.82) is 0 Å². The number of hydrogen-bond acceptors (Lipinski definition) is 6. The maximum absolute atomic E-state index is 11.8. The average molecular weight is 272 g/mol. The zero-order valence-electron chi connectivity index (χ0n) is 9.68. The number of tetrazole rings is 1. The van der Waals surface area contributed by atoms with E-state index in [1.54, 1.807) is 0 Å². The van der Waals surface area contributed by atoms with Crippen LogP contribution in [0.5, 0.6) is 0 Å². The highest BCUT2D eigenvalue weighted by atomic mass is 32.2. The molecule has 0 aliphatic carbocycles. The zero-order chi connectivity index (χ0) is 13.3. The molecule has 0 atom stereocenters. The Morgan fingerprint density at radius 1 is 1.56 bits per heavy atom. The lowest BCUT2D eigenvalue weighted by Crippen LogP contribution is -2.43. The Hall–Kier alpha value is -1.90. The van der Waals surface area contributed by atoms with Gasteiger partial charge in [-0.15, -0.1) is 0 Å². The van der Waals surface area contributed by atoms with Gasteiger partial charge in [-0.05, 0) is 25.8 Å². The molecule has 0 saturated carbocycles. The van der Waals surface area contributed by atoms with Crippen LogP contribution in [0.4, 0.5) is 0 Å². The molecule has 0 unspecified atom stereocenters. The molecule has 0 aromatic carbocycles. The first-order valence-electron chi connectivity index (χ1n) is 5.06. The topological polar surface area (TPSA) is 96.1 Å². The minimum Gasteiger partial charge on any atom is -0.466 e. The Morgan fingerprint density at radius 2 is 2.22 bits per heavy atom. The summed E-state index contributed by atoms with van der Waals surface area (Å²) in [5.74, 6) is 3.60. The fourth-order valence-corrected chi connectivity index (χ4v) is 3.17. The molecule has 98 valence electrons. The maximum Gasteiger partial charge on any atom is 0.368 e. The van der Waals surface area contributed by atoms with E-state index >= 15 is 0 Å². The molecule has 1 saturated heterocycles. The van der Waals surface area contributed by atoms with Crippen LogP contribution in [-0.4, -0.2) is 54.5 Å². The van der Waals surface area contributed by atoms with Crippen molar-refractivity contribution >= 4 is 27.6 Å². The van der Waals surface area contributed by atoms with Crippen LogP contribution in [0.3, 0.4) is 0 Å². The van der Waals surface area contributed by atoms with Gasteiger partial charge in [-0.2, -0.15) is 9.36 Å². The van der Waals surface area contributed by atoms with Gasteiger partial charge in [0.05, 0.1) is 13.2 Å². The van der Waals surface area contributed by atoms with Gasteiger partial charge >= 0.3 is 11.7 Å². The normalized spacial score (nSPS) is 27.1. The number of rotatable bonds is 3. The van der Waals surface area contributed by atoms with Crippen LogP contribution < -0.4 is 5.69 Å². The lowest BCUT2D eigenvalue weighted by molar-refractivity contribution is -0.134. The van der Waals surface area contributed by atoms with E-state index in [1.807, 2.05) is 0 Å². The monoisotopic (exact) mass is 272 g/mol. The molecule has 1 aromatic rings. The minimum absolute atomic E-state index is 0.234. The average Bonchev–Trinajstić information content (AvgIpc) is 2.64. The standard InChI is InChI=1S/C9H12N4O4S/c1-17-8(14)3-4-12-9(15)13(11-10-12)7-5-18(2,16)6-7/h3-4,7H,2,5-6H2,1H3/b4-3+. The summed E-state index contributed by atoms with van der Waals surface area (Å²) in [7, 11) is -0.817. The van der Waals surface area contributed by atoms with Gasteiger partial charge in [-0.3, -0.25) is 4.21 Å². The highest BCUT2D eigenvalue weighted by molar-refractivity contribution is 8.01. The van der Waals surface area contributed by atoms with E-state index < -0.39 is 21.2 Å². The van der Waals surface area contributed by atoms with Crippen LogP contribution in [0.1, 0.15) is 6.04 Å². The predicted octanol–water partition coefficient (Wildman–Crippen LogP) is -1.65.